The molecule has 2 rings (SSSR count). The Bertz CT molecular complexity index is 744. The van der Waals surface area contributed by atoms with Gasteiger partial charge in [0.05, 0.1) is 11.4 Å². The van der Waals surface area contributed by atoms with Gasteiger partial charge in [-0.25, -0.2) is 8.42 Å². The Hall–Kier alpha value is -1.52. The monoisotopic (exact) mass is 337 g/mol. The van der Waals surface area contributed by atoms with E-state index in [0.29, 0.717) is 22.2 Å². The first-order chi connectivity index (χ1) is 10.4. The second kappa shape index (κ2) is 7.16. The zero-order valence-electron chi connectivity index (χ0n) is 12.7. The van der Waals surface area contributed by atoms with Crippen molar-refractivity contribution in [3.8, 4) is 0 Å². The number of hydrogen-bond donors (Lipinski definition) is 1. The van der Waals surface area contributed by atoms with Gasteiger partial charge in [-0.15, -0.1) is 0 Å². The van der Waals surface area contributed by atoms with E-state index in [-0.39, 0.29) is 5.75 Å². The van der Waals surface area contributed by atoms with Crippen molar-refractivity contribution in [2.24, 2.45) is 0 Å². The van der Waals surface area contributed by atoms with Gasteiger partial charge in [0, 0.05) is 5.02 Å². The molecule has 2 aromatic carbocycles. The van der Waals surface area contributed by atoms with Crippen LogP contribution in [0, 0.1) is 0 Å². The summed E-state index contributed by atoms with van der Waals surface area (Å²) < 4.78 is 27.5. The molecule has 0 aliphatic heterocycles. The van der Waals surface area contributed by atoms with Gasteiger partial charge in [0.25, 0.3) is 0 Å². The van der Waals surface area contributed by atoms with Crippen molar-refractivity contribution in [2.75, 3.05) is 4.72 Å². The first-order valence-corrected chi connectivity index (χ1v) is 9.28. The van der Waals surface area contributed by atoms with Crippen molar-refractivity contribution < 1.29 is 8.42 Å². The van der Waals surface area contributed by atoms with Crippen LogP contribution in [0.4, 0.5) is 5.69 Å². The smallest absolute Gasteiger partial charge is 0.236 e. The third-order valence-corrected chi connectivity index (χ3v) is 5.26. The third-order valence-electron chi connectivity index (χ3n) is 3.67. The summed E-state index contributed by atoms with van der Waals surface area (Å²) in [5.74, 6) is 0.154. The Kier molecular flexibility index (Phi) is 5.48. The molecule has 22 heavy (non-hydrogen) atoms. The number of nitrogens with one attached hydrogen (secondary N) is 1. The van der Waals surface area contributed by atoms with E-state index in [0.717, 1.165) is 12.0 Å². The van der Waals surface area contributed by atoms with Crippen LogP contribution in [0.25, 0.3) is 0 Å². The summed E-state index contributed by atoms with van der Waals surface area (Å²) >= 11 is 6.05. The van der Waals surface area contributed by atoms with Crippen LogP contribution in [-0.2, 0) is 15.8 Å². The lowest BCUT2D eigenvalue weighted by molar-refractivity contribution is 0.600. The minimum atomic E-state index is -3.51. The molecule has 0 saturated heterocycles. The minimum Gasteiger partial charge on any atom is -0.283 e. The summed E-state index contributed by atoms with van der Waals surface area (Å²) in [5, 5.41) is 0.461. The maximum absolute atomic E-state index is 12.4. The highest BCUT2D eigenvalue weighted by molar-refractivity contribution is 7.91. The molecule has 0 aromatic heterocycles. The summed E-state index contributed by atoms with van der Waals surface area (Å²) in [6, 6.07) is 14.5. The first kappa shape index (κ1) is 16.8. The summed E-state index contributed by atoms with van der Waals surface area (Å²) in [6.07, 6.45) is 0.948. The van der Waals surface area contributed by atoms with Gasteiger partial charge in [-0.2, -0.15) is 0 Å². The molecule has 2 aromatic rings. The van der Waals surface area contributed by atoms with Gasteiger partial charge in [0.1, 0.15) is 0 Å². The topological polar surface area (TPSA) is 46.2 Å². The van der Waals surface area contributed by atoms with Crippen LogP contribution in [0.3, 0.4) is 0 Å². The summed E-state index contributed by atoms with van der Waals surface area (Å²) in [7, 11) is -3.51. The van der Waals surface area contributed by atoms with Crippen LogP contribution < -0.4 is 4.72 Å². The van der Waals surface area contributed by atoms with Crippen molar-refractivity contribution >= 4 is 27.3 Å². The molecule has 0 saturated carbocycles. The Labute approximate surface area is 137 Å². The minimum absolute atomic E-state index is 0.137. The molecule has 0 radical (unpaired) electrons. The highest BCUT2D eigenvalue weighted by Gasteiger charge is 2.17. The summed E-state index contributed by atoms with van der Waals surface area (Å²) in [4.78, 5) is 0. The van der Waals surface area contributed by atoms with E-state index in [4.69, 9.17) is 11.6 Å². The van der Waals surface area contributed by atoms with Crippen molar-refractivity contribution in [1.29, 1.82) is 0 Å². The molecule has 1 N–H and O–H groups in total. The number of halogens is 1. The van der Waals surface area contributed by atoms with Crippen molar-refractivity contribution in [3.63, 3.8) is 0 Å². The number of benzene rings is 2. The molecule has 0 spiro atoms. The van der Waals surface area contributed by atoms with Crippen LogP contribution in [-0.4, -0.2) is 8.42 Å². The molecule has 0 aliphatic carbocycles. The number of rotatable bonds is 6. The summed E-state index contributed by atoms with van der Waals surface area (Å²) in [6.45, 7) is 4.17. The van der Waals surface area contributed by atoms with E-state index in [1.54, 1.807) is 30.3 Å². The van der Waals surface area contributed by atoms with Gasteiger partial charge in [0.2, 0.25) is 10.0 Å². The zero-order valence-corrected chi connectivity index (χ0v) is 14.3. The van der Waals surface area contributed by atoms with Crippen LogP contribution in [0.5, 0.6) is 0 Å². The first-order valence-electron chi connectivity index (χ1n) is 7.25. The SMILES string of the molecule is CCC(C)c1ccccc1NS(=O)(=O)Cc1ccccc1Cl. The van der Waals surface area contributed by atoms with Crippen LogP contribution in [0.1, 0.15) is 37.3 Å². The Morgan fingerprint density at radius 1 is 1.09 bits per heavy atom. The lowest BCUT2D eigenvalue weighted by Crippen LogP contribution is -2.16. The second-order valence-corrected chi connectivity index (χ2v) is 7.48. The second-order valence-electron chi connectivity index (χ2n) is 5.35. The molecule has 118 valence electrons. The van der Waals surface area contributed by atoms with Crippen LogP contribution in [0.15, 0.2) is 48.5 Å². The predicted octanol–water partition coefficient (Wildman–Crippen LogP) is 4.80. The largest absolute Gasteiger partial charge is 0.283 e. The average molecular weight is 338 g/mol. The zero-order chi connectivity index (χ0) is 16.2. The molecular formula is C17H20ClNO2S. The molecule has 0 amide bonds. The molecule has 1 atom stereocenters. The third kappa shape index (κ3) is 4.24. The van der Waals surface area contributed by atoms with E-state index < -0.39 is 10.0 Å². The normalized spacial score (nSPS) is 12.9. The van der Waals surface area contributed by atoms with Gasteiger partial charge < -0.3 is 0 Å². The van der Waals surface area contributed by atoms with Gasteiger partial charge >= 0.3 is 0 Å². The summed E-state index contributed by atoms with van der Waals surface area (Å²) in [5.41, 5.74) is 2.24. The van der Waals surface area contributed by atoms with Gasteiger partial charge in [-0.3, -0.25) is 4.72 Å². The fourth-order valence-electron chi connectivity index (χ4n) is 2.26. The number of hydrogen-bond acceptors (Lipinski definition) is 2. The van der Waals surface area contributed by atoms with Crippen molar-refractivity contribution in [2.45, 2.75) is 31.9 Å². The molecule has 0 aliphatic rings. The maximum atomic E-state index is 12.4. The fraction of sp³-hybridized carbons (Fsp3) is 0.294. The Balaban J connectivity index is 2.25. The van der Waals surface area contributed by atoms with E-state index in [9.17, 15) is 8.42 Å². The lowest BCUT2D eigenvalue weighted by atomic mass is 9.97. The van der Waals surface area contributed by atoms with E-state index in [1.807, 2.05) is 18.2 Å². The maximum Gasteiger partial charge on any atom is 0.236 e. The quantitative estimate of drug-likeness (QED) is 0.823. The molecule has 0 heterocycles. The Morgan fingerprint density at radius 2 is 1.73 bits per heavy atom. The van der Waals surface area contributed by atoms with Crippen molar-refractivity contribution in [1.82, 2.24) is 0 Å². The lowest BCUT2D eigenvalue weighted by Gasteiger charge is -2.16. The van der Waals surface area contributed by atoms with E-state index in [2.05, 4.69) is 18.6 Å². The Morgan fingerprint density at radius 3 is 2.41 bits per heavy atom. The molecular weight excluding hydrogens is 318 g/mol. The van der Waals surface area contributed by atoms with E-state index in [1.165, 1.54) is 0 Å². The fourth-order valence-corrected chi connectivity index (χ4v) is 3.80. The highest BCUT2D eigenvalue weighted by Crippen LogP contribution is 2.28. The van der Waals surface area contributed by atoms with E-state index >= 15 is 0 Å². The standard InChI is InChI=1S/C17H20ClNO2S/c1-3-13(2)15-9-5-7-11-17(15)19-22(20,21)12-14-8-4-6-10-16(14)18/h4-11,13,19H,3,12H2,1-2H3. The molecule has 1 unspecified atom stereocenters. The number of sulfonamides is 1. The predicted molar refractivity (Wildman–Crippen MR) is 92.8 cm³/mol. The van der Waals surface area contributed by atoms with Crippen LogP contribution in [0.2, 0.25) is 5.02 Å². The average Bonchev–Trinajstić information content (AvgIpc) is 2.49. The van der Waals surface area contributed by atoms with Gasteiger partial charge in [0.15, 0.2) is 0 Å². The number of para-hydroxylation sites is 1. The molecule has 3 nitrogen and oxygen atoms in total. The molecule has 5 heteroatoms. The van der Waals surface area contributed by atoms with Crippen molar-refractivity contribution in [3.05, 3.63) is 64.7 Å². The number of anilines is 1. The highest BCUT2D eigenvalue weighted by atomic mass is 35.5. The van der Waals surface area contributed by atoms with Gasteiger partial charge in [-0.05, 0) is 35.6 Å². The molecule has 0 bridgehead atoms. The molecule has 0 fully saturated rings. The van der Waals surface area contributed by atoms with Gasteiger partial charge in [-0.1, -0.05) is 61.8 Å². The van der Waals surface area contributed by atoms with Crippen LogP contribution >= 0.6 is 11.6 Å².